The molecule has 1 unspecified atom stereocenters. The highest BCUT2D eigenvalue weighted by molar-refractivity contribution is 7.98. The summed E-state index contributed by atoms with van der Waals surface area (Å²) in [6, 6.07) is 14.0. The fourth-order valence-electron chi connectivity index (χ4n) is 2.78. The summed E-state index contributed by atoms with van der Waals surface area (Å²) < 4.78 is 8.19. The molecule has 28 heavy (non-hydrogen) atoms. The van der Waals surface area contributed by atoms with E-state index in [1.54, 1.807) is 11.8 Å². The maximum absolute atomic E-state index is 6.13. The van der Waals surface area contributed by atoms with Crippen LogP contribution in [-0.2, 0) is 12.3 Å². The van der Waals surface area contributed by atoms with Gasteiger partial charge in [0.1, 0.15) is 5.75 Å². The number of hydrogen-bond donors (Lipinski definition) is 0. The molecule has 0 amide bonds. The lowest BCUT2D eigenvalue weighted by atomic mass is 10.1. The van der Waals surface area contributed by atoms with E-state index in [-0.39, 0.29) is 6.10 Å². The Balaban J connectivity index is 1.75. The lowest BCUT2D eigenvalue weighted by Gasteiger charge is -2.16. The monoisotopic (exact) mass is 413 g/mol. The number of benzene rings is 2. The van der Waals surface area contributed by atoms with Gasteiger partial charge >= 0.3 is 0 Å². The smallest absolute Gasteiger partial charge is 0.191 e. The van der Waals surface area contributed by atoms with Gasteiger partial charge in [-0.2, -0.15) is 0 Å². The average Bonchev–Trinajstić information content (AvgIpc) is 3.07. The van der Waals surface area contributed by atoms with Crippen molar-refractivity contribution in [1.29, 1.82) is 0 Å². The molecule has 1 aromatic heterocycles. The summed E-state index contributed by atoms with van der Waals surface area (Å²) in [7, 11) is 0. The van der Waals surface area contributed by atoms with Crippen molar-refractivity contribution in [2.24, 2.45) is 0 Å². The van der Waals surface area contributed by atoms with Crippen molar-refractivity contribution >= 4 is 23.4 Å². The molecule has 4 nitrogen and oxygen atoms in total. The molecule has 0 saturated carbocycles. The van der Waals surface area contributed by atoms with Crippen LogP contribution >= 0.6 is 23.4 Å². The zero-order chi connectivity index (χ0) is 20.1. The maximum Gasteiger partial charge on any atom is 0.191 e. The Labute approximate surface area is 175 Å². The van der Waals surface area contributed by atoms with Gasteiger partial charge in [0.05, 0.1) is 0 Å². The number of aryl methyl sites for hydroxylation is 2. The molecular formula is C22H24ClN3OS. The first-order chi connectivity index (χ1) is 13.5. The average molecular weight is 414 g/mol. The summed E-state index contributed by atoms with van der Waals surface area (Å²) in [5.41, 5.74) is 3.63. The van der Waals surface area contributed by atoms with Crippen LogP contribution in [0, 0.1) is 13.8 Å². The van der Waals surface area contributed by atoms with Crippen molar-refractivity contribution < 1.29 is 4.74 Å². The Morgan fingerprint density at radius 2 is 1.89 bits per heavy atom. The minimum absolute atomic E-state index is 0.223. The molecule has 146 valence electrons. The molecule has 0 aliphatic carbocycles. The Morgan fingerprint density at radius 1 is 1.14 bits per heavy atom. The molecule has 0 radical (unpaired) electrons. The number of halogens is 1. The first-order valence-corrected chi connectivity index (χ1v) is 10.5. The molecule has 3 aromatic rings. The predicted octanol–water partition coefficient (Wildman–Crippen LogP) is 6.17. The highest BCUT2D eigenvalue weighted by atomic mass is 35.5. The van der Waals surface area contributed by atoms with Gasteiger partial charge in [0.25, 0.3) is 0 Å². The van der Waals surface area contributed by atoms with E-state index < -0.39 is 0 Å². The zero-order valence-electron chi connectivity index (χ0n) is 16.4. The summed E-state index contributed by atoms with van der Waals surface area (Å²) in [6.07, 6.45) is 1.63. The van der Waals surface area contributed by atoms with E-state index in [0.29, 0.717) is 6.54 Å². The minimum atomic E-state index is -0.223. The summed E-state index contributed by atoms with van der Waals surface area (Å²) in [5.74, 6) is 2.41. The molecule has 0 aliphatic heterocycles. The Bertz CT molecular complexity index is 953. The molecule has 1 atom stereocenters. The van der Waals surface area contributed by atoms with Crippen LogP contribution in [0.4, 0.5) is 0 Å². The maximum atomic E-state index is 6.13. The van der Waals surface area contributed by atoms with E-state index in [1.807, 2.05) is 43.3 Å². The molecule has 0 fully saturated rings. The Kier molecular flexibility index (Phi) is 6.81. The first kappa shape index (κ1) is 20.5. The van der Waals surface area contributed by atoms with Crippen LogP contribution in [0.2, 0.25) is 5.02 Å². The van der Waals surface area contributed by atoms with Crippen LogP contribution in [-0.4, -0.2) is 14.8 Å². The molecule has 0 bridgehead atoms. The highest BCUT2D eigenvalue weighted by Crippen LogP contribution is 2.27. The topological polar surface area (TPSA) is 39.9 Å². The van der Waals surface area contributed by atoms with Gasteiger partial charge in [-0.3, -0.25) is 4.57 Å². The third-order valence-corrected chi connectivity index (χ3v) is 5.78. The van der Waals surface area contributed by atoms with Gasteiger partial charge in [0, 0.05) is 17.3 Å². The SMILES string of the molecule is C=CCn1c(SCc2ccc(Cl)cc2)nnc1C(C)Oc1ccc(C)c(C)c1. The van der Waals surface area contributed by atoms with Crippen LogP contribution in [0.25, 0.3) is 0 Å². The Morgan fingerprint density at radius 3 is 2.57 bits per heavy atom. The van der Waals surface area contributed by atoms with Crippen LogP contribution in [0.15, 0.2) is 60.3 Å². The van der Waals surface area contributed by atoms with Crippen LogP contribution in [0.1, 0.15) is 35.5 Å². The fraction of sp³-hybridized carbons (Fsp3) is 0.273. The van der Waals surface area contributed by atoms with Gasteiger partial charge in [-0.05, 0) is 61.7 Å². The third kappa shape index (κ3) is 4.97. The third-order valence-electron chi connectivity index (χ3n) is 4.49. The molecule has 0 spiro atoms. The van der Waals surface area contributed by atoms with Gasteiger partial charge in [-0.15, -0.1) is 16.8 Å². The van der Waals surface area contributed by atoms with Crippen molar-refractivity contribution in [2.45, 2.75) is 44.3 Å². The summed E-state index contributed by atoms with van der Waals surface area (Å²) in [5, 5.41) is 10.4. The second-order valence-corrected chi connectivity index (χ2v) is 8.04. The van der Waals surface area contributed by atoms with Crippen LogP contribution in [0.3, 0.4) is 0 Å². The number of ether oxygens (including phenoxy) is 1. The van der Waals surface area contributed by atoms with Crippen molar-refractivity contribution in [1.82, 2.24) is 14.8 Å². The number of aromatic nitrogens is 3. The van der Waals surface area contributed by atoms with Gasteiger partial charge in [-0.25, -0.2) is 0 Å². The second kappa shape index (κ2) is 9.30. The molecule has 1 heterocycles. The largest absolute Gasteiger partial charge is 0.483 e. The summed E-state index contributed by atoms with van der Waals surface area (Å²) in [6.45, 7) is 10.7. The predicted molar refractivity (Wildman–Crippen MR) is 116 cm³/mol. The lowest BCUT2D eigenvalue weighted by Crippen LogP contribution is -2.12. The summed E-state index contributed by atoms with van der Waals surface area (Å²) in [4.78, 5) is 0. The van der Waals surface area contributed by atoms with Crippen molar-refractivity contribution in [3.05, 3.63) is 82.7 Å². The standard InChI is InChI=1S/C22H24ClN3OS/c1-5-12-26-21(17(4)27-20-11-6-15(2)16(3)13-20)24-25-22(26)28-14-18-7-9-19(23)10-8-18/h5-11,13,17H,1,12,14H2,2-4H3. The van der Waals surface area contributed by atoms with Crippen LogP contribution < -0.4 is 4.74 Å². The molecular weight excluding hydrogens is 390 g/mol. The van der Waals surface area contributed by atoms with Gasteiger partial charge in [0.15, 0.2) is 17.1 Å². The number of hydrogen-bond acceptors (Lipinski definition) is 4. The molecule has 2 aromatic carbocycles. The van der Waals surface area contributed by atoms with Crippen molar-refractivity contribution in [3.8, 4) is 5.75 Å². The number of allylic oxidation sites excluding steroid dienone is 1. The fourth-order valence-corrected chi connectivity index (χ4v) is 3.82. The van der Waals surface area contributed by atoms with Crippen molar-refractivity contribution in [2.75, 3.05) is 0 Å². The highest BCUT2D eigenvalue weighted by Gasteiger charge is 2.19. The van der Waals surface area contributed by atoms with Crippen LogP contribution in [0.5, 0.6) is 5.75 Å². The van der Waals surface area contributed by atoms with E-state index in [2.05, 4.69) is 47.3 Å². The number of rotatable bonds is 8. The second-order valence-electron chi connectivity index (χ2n) is 6.66. The number of thioether (sulfide) groups is 1. The quantitative estimate of drug-likeness (QED) is 0.327. The molecule has 0 saturated heterocycles. The van der Waals surface area contributed by atoms with Gasteiger partial charge in [0.2, 0.25) is 0 Å². The van der Waals surface area contributed by atoms with E-state index in [4.69, 9.17) is 16.3 Å². The minimum Gasteiger partial charge on any atom is -0.483 e. The first-order valence-electron chi connectivity index (χ1n) is 9.13. The molecule has 6 heteroatoms. The van der Waals surface area contributed by atoms with E-state index in [1.165, 1.54) is 16.7 Å². The molecule has 0 N–H and O–H groups in total. The lowest BCUT2D eigenvalue weighted by molar-refractivity contribution is 0.210. The van der Waals surface area contributed by atoms with Gasteiger partial charge in [-0.1, -0.05) is 47.6 Å². The number of nitrogens with zero attached hydrogens (tertiary/aromatic N) is 3. The molecule has 0 aliphatic rings. The van der Waals surface area contributed by atoms with E-state index in [9.17, 15) is 0 Å². The molecule has 3 rings (SSSR count). The summed E-state index contributed by atoms with van der Waals surface area (Å²) >= 11 is 7.60. The van der Waals surface area contributed by atoms with Gasteiger partial charge < -0.3 is 4.74 Å². The Hall–Kier alpha value is -2.24. The van der Waals surface area contributed by atoms with Crippen molar-refractivity contribution in [3.63, 3.8) is 0 Å². The van der Waals surface area contributed by atoms with E-state index >= 15 is 0 Å². The zero-order valence-corrected chi connectivity index (χ0v) is 17.9. The van der Waals surface area contributed by atoms with E-state index in [0.717, 1.165) is 27.5 Å². The normalized spacial score (nSPS) is 12.0.